The van der Waals surface area contributed by atoms with Gasteiger partial charge in [-0.1, -0.05) is 42.5 Å². The van der Waals surface area contributed by atoms with E-state index in [2.05, 4.69) is 26.5 Å². The van der Waals surface area contributed by atoms with E-state index in [1.54, 1.807) is 0 Å². The summed E-state index contributed by atoms with van der Waals surface area (Å²) in [4.78, 5) is 28.9. The quantitative estimate of drug-likeness (QED) is 0.734. The third-order valence-electron chi connectivity index (χ3n) is 5.28. The molecule has 2 aromatic carbocycles. The summed E-state index contributed by atoms with van der Waals surface area (Å²) < 4.78 is 5.74. The topological polar surface area (TPSA) is 73.9 Å². The van der Waals surface area contributed by atoms with Crippen LogP contribution in [0.15, 0.2) is 54.6 Å². The fraction of sp³-hybridized carbons (Fsp3) is 0.391. The van der Waals surface area contributed by atoms with Crippen molar-refractivity contribution in [1.82, 2.24) is 15.5 Å². The highest BCUT2D eigenvalue weighted by Gasteiger charge is 2.27. The zero-order valence-corrected chi connectivity index (χ0v) is 17.6. The number of hydrogen-bond acceptors (Lipinski definition) is 5. The van der Waals surface area contributed by atoms with E-state index in [-0.39, 0.29) is 11.9 Å². The van der Waals surface area contributed by atoms with E-state index in [1.807, 2.05) is 62.4 Å². The van der Waals surface area contributed by atoms with E-state index in [9.17, 15) is 9.59 Å². The number of nitrogens with zero attached hydrogens (tertiary/aromatic N) is 2. The maximum Gasteiger partial charge on any atom is 0.321 e. The van der Waals surface area contributed by atoms with Gasteiger partial charge in [-0.2, -0.15) is 0 Å². The molecule has 0 saturated carbocycles. The van der Waals surface area contributed by atoms with Gasteiger partial charge in [-0.05, 0) is 31.5 Å². The highest BCUT2D eigenvalue weighted by atomic mass is 16.5. The first-order valence-electron chi connectivity index (χ1n) is 10.4. The number of ether oxygens (including phenoxy) is 1. The van der Waals surface area contributed by atoms with Gasteiger partial charge >= 0.3 is 6.03 Å². The van der Waals surface area contributed by atoms with Crippen LogP contribution >= 0.6 is 0 Å². The fourth-order valence-corrected chi connectivity index (χ4v) is 3.55. The van der Waals surface area contributed by atoms with E-state index in [4.69, 9.17) is 4.74 Å². The number of urea groups is 1. The number of rotatable bonds is 7. The first-order valence-corrected chi connectivity index (χ1v) is 10.4. The molecule has 2 aromatic rings. The van der Waals surface area contributed by atoms with Gasteiger partial charge in [0.2, 0.25) is 5.91 Å². The Morgan fingerprint density at radius 3 is 2.37 bits per heavy atom. The van der Waals surface area contributed by atoms with Gasteiger partial charge in [0.25, 0.3) is 0 Å². The van der Waals surface area contributed by atoms with E-state index in [0.29, 0.717) is 13.2 Å². The SMILES string of the molecule is CCOc1ccccc1N1CCN([C@H](C)C(=O)NC(=O)NCc2ccccc2)CC1. The molecule has 3 rings (SSSR count). The summed E-state index contributed by atoms with van der Waals surface area (Å²) in [5.41, 5.74) is 2.06. The minimum absolute atomic E-state index is 0.288. The van der Waals surface area contributed by atoms with Gasteiger partial charge in [-0.25, -0.2) is 4.79 Å². The van der Waals surface area contributed by atoms with E-state index < -0.39 is 6.03 Å². The van der Waals surface area contributed by atoms with Crippen molar-refractivity contribution in [3.8, 4) is 5.75 Å². The minimum atomic E-state index is -0.472. The van der Waals surface area contributed by atoms with Crippen molar-refractivity contribution >= 4 is 17.6 Å². The molecular weight excluding hydrogens is 380 g/mol. The van der Waals surface area contributed by atoms with Crippen LogP contribution < -0.4 is 20.3 Å². The Morgan fingerprint density at radius 2 is 1.67 bits per heavy atom. The molecule has 0 spiro atoms. The highest BCUT2D eigenvalue weighted by Crippen LogP contribution is 2.29. The van der Waals surface area contributed by atoms with Gasteiger partial charge < -0.3 is 15.0 Å². The first kappa shape index (κ1) is 21.6. The van der Waals surface area contributed by atoms with Gasteiger partial charge in [-0.3, -0.25) is 15.0 Å². The number of carbonyl (C=O) groups excluding carboxylic acids is 2. The van der Waals surface area contributed by atoms with Crippen LogP contribution in [0.1, 0.15) is 19.4 Å². The van der Waals surface area contributed by atoms with Crippen LogP contribution in [-0.4, -0.2) is 55.7 Å². The monoisotopic (exact) mass is 410 g/mol. The molecule has 30 heavy (non-hydrogen) atoms. The Labute approximate surface area is 178 Å². The summed E-state index contributed by atoms with van der Waals surface area (Å²) in [5, 5.41) is 5.17. The molecule has 1 saturated heterocycles. The van der Waals surface area contributed by atoms with Crippen LogP contribution in [0.2, 0.25) is 0 Å². The van der Waals surface area contributed by atoms with Gasteiger partial charge in [0.15, 0.2) is 0 Å². The third-order valence-corrected chi connectivity index (χ3v) is 5.28. The summed E-state index contributed by atoms with van der Waals surface area (Å²) in [5.74, 6) is 0.595. The van der Waals surface area contributed by atoms with Gasteiger partial charge in [0.1, 0.15) is 5.75 Å². The average molecular weight is 411 g/mol. The first-order chi connectivity index (χ1) is 14.6. The molecule has 1 aliphatic heterocycles. The van der Waals surface area contributed by atoms with Crippen molar-refractivity contribution in [2.75, 3.05) is 37.7 Å². The molecule has 0 bridgehead atoms. The van der Waals surface area contributed by atoms with Crippen molar-refractivity contribution in [1.29, 1.82) is 0 Å². The fourth-order valence-electron chi connectivity index (χ4n) is 3.55. The van der Waals surface area contributed by atoms with E-state index in [0.717, 1.165) is 43.2 Å². The van der Waals surface area contributed by atoms with E-state index in [1.165, 1.54) is 0 Å². The zero-order valence-electron chi connectivity index (χ0n) is 17.6. The smallest absolute Gasteiger partial charge is 0.321 e. The Balaban J connectivity index is 1.47. The largest absolute Gasteiger partial charge is 0.492 e. The van der Waals surface area contributed by atoms with Gasteiger partial charge in [0.05, 0.1) is 18.3 Å². The second-order valence-corrected chi connectivity index (χ2v) is 7.26. The number of hydrogen-bond donors (Lipinski definition) is 2. The van der Waals surface area contributed by atoms with Crippen molar-refractivity contribution in [3.05, 3.63) is 60.2 Å². The number of amides is 3. The maximum atomic E-state index is 12.5. The van der Waals surface area contributed by atoms with Crippen molar-refractivity contribution < 1.29 is 14.3 Å². The van der Waals surface area contributed by atoms with Crippen molar-refractivity contribution in [2.24, 2.45) is 0 Å². The molecule has 1 fully saturated rings. The Hall–Kier alpha value is -3.06. The number of piperazine rings is 1. The summed E-state index contributed by atoms with van der Waals surface area (Å²) >= 11 is 0. The van der Waals surface area contributed by atoms with Crippen LogP contribution in [0.3, 0.4) is 0 Å². The average Bonchev–Trinajstić information content (AvgIpc) is 2.78. The molecule has 1 atom stereocenters. The molecule has 0 unspecified atom stereocenters. The Kier molecular flexibility index (Phi) is 7.68. The van der Waals surface area contributed by atoms with Crippen molar-refractivity contribution in [3.63, 3.8) is 0 Å². The summed E-state index contributed by atoms with van der Waals surface area (Å²) in [6.45, 7) is 7.88. The molecule has 7 heteroatoms. The molecule has 0 radical (unpaired) electrons. The van der Waals surface area contributed by atoms with E-state index >= 15 is 0 Å². The number of para-hydroxylation sites is 2. The summed E-state index contributed by atoms with van der Waals surface area (Å²) in [6.07, 6.45) is 0. The number of carbonyl (C=O) groups is 2. The molecule has 0 aromatic heterocycles. The summed E-state index contributed by atoms with van der Waals surface area (Å²) in [7, 11) is 0. The lowest BCUT2D eigenvalue weighted by Gasteiger charge is -2.38. The molecule has 1 aliphatic rings. The number of nitrogens with one attached hydrogen (secondary N) is 2. The second kappa shape index (κ2) is 10.6. The van der Waals surface area contributed by atoms with Gasteiger partial charge in [0, 0.05) is 32.7 Å². The molecule has 1 heterocycles. The van der Waals surface area contributed by atoms with Crippen LogP contribution in [-0.2, 0) is 11.3 Å². The molecule has 3 amide bonds. The Morgan fingerprint density at radius 1 is 1.00 bits per heavy atom. The number of imide groups is 1. The highest BCUT2D eigenvalue weighted by molar-refractivity contribution is 5.96. The molecule has 7 nitrogen and oxygen atoms in total. The lowest BCUT2D eigenvalue weighted by molar-refractivity contribution is -0.124. The van der Waals surface area contributed by atoms with Crippen LogP contribution in [0.25, 0.3) is 0 Å². The number of benzene rings is 2. The standard InChI is InChI=1S/C23H30N4O3/c1-3-30-21-12-8-7-11-20(21)27-15-13-26(14-16-27)18(2)22(28)25-23(29)24-17-19-9-5-4-6-10-19/h4-12,18H,3,13-17H2,1-2H3,(H2,24,25,28,29)/t18-/m1/s1. The zero-order chi connectivity index (χ0) is 21.3. The van der Waals surface area contributed by atoms with Crippen LogP contribution in [0.5, 0.6) is 5.75 Å². The maximum absolute atomic E-state index is 12.5. The molecule has 0 aliphatic carbocycles. The molecule has 160 valence electrons. The summed E-state index contributed by atoms with van der Waals surface area (Å²) in [6, 6.07) is 16.8. The molecule has 2 N–H and O–H groups in total. The Bertz CT molecular complexity index is 835. The number of anilines is 1. The predicted molar refractivity (Wildman–Crippen MR) is 118 cm³/mol. The van der Waals surface area contributed by atoms with Crippen molar-refractivity contribution in [2.45, 2.75) is 26.4 Å². The predicted octanol–water partition coefficient (Wildman–Crippen LogP) is 2.62. The van der Waals surface area contributed by atoms with Gasteiger partial charge in [-0.15, -0.1) is 0 Å². The third kappa shape index (κ3) is 5.73. The molecular formula is C23H30N4O3. The minimum Gasteiger partial charge on any atom is -0.492 e. The van der Waals surface area contributed by atoms with Crippen LogP contribution in [0, 0.1) is 0 Å². The normalized spacial score (nSPS) is 15.3. The lowest BCUT2D eigenvalue weighted by atomic mass is 10.2. The lowest BCUT2D eigenvalue weighted by Crippen LogP contribution is -2.55. The second-order valence-electron chi connectivity index (χ2n) is 7.26. The van der Waals surface area contributed by atoms with Crippen LogP contribution in [0.4, 0.5) is 10.5 Å².